The SMILES string of the molecule is Cc1ccc(NC(=O)c2ccc(NC3CC3)c([N+](=O)[O-])c2)cc1[N+](=O)[O-]. The summed E-state index contributed by atoms with van der Waals surface area (Å²) in [6.07, 6.45) is 1.93. The quantitative estimate of drug-likeness (QED) is 0.601. The van der Waals surface area contributed by atoms with E-state index in [0.29, 0.717) is 11.3 Å². The standard InChI is InChI=1S/C17H16N4O5/c1-10-2-4-13(9-15(10)20(23)24)19-17(22)11-3-7-14(18-12-5-6-12)16(8-11)21(25)26/h2-4,7-9,12,18H,5-6H2,1H3,(H,19,22). The van der Waals surface area contributed by atoms with Crippen molar-refractivity contribution in [3.8, 4) is 0 Å². The summed E-state index contributed by atoms with van der Waals surface area (Å²) >= 11 is 0. The van der Waals surface area contributed by atoms with Crippen molar-refractivity contribution < 1.29 is 14.6 Å². The average molecular weight is 356 g/mol. The normalized spacial score (nSPS) is 13.1. The molecule has 2 N–H and O–H groups in total. The Hall–Kier alpha value is -3.49. The highest BCUT2D eigenvalue weighted by Crippen LogP contribution is 2.32. The number of hydrogen-bond donors (Lipinski definition) is 2. The lowest BCUT2D eigenvalue weighted by Crippen LogP contribution is -2.13. The molecular weight excluding hydrogens is 340 g/mol. The second-order valence-corrected chi connectivity index (χ2v) is 6.12. The smallest absolute Gasteiger partial charge is 0.293 e. The Kier molecular flexibility index (Phi) is 4.53. The lowest BCUT2D eigenvalue weighted by Gasteiger charge is -2.09. The number of amides is 1. The lowest BCUT2D eigenvalue weighted by atomic mass is 10.1. The highest BCUT2D eigenvalue weighted by molar-refractivity contribution is 6.05. The van der Waals surface area contributed by atoms with E-state index in [1.54, 1.807) is 6.92 Å². The molecule has 0 aliphatic heterocycles. The zero-order valence-corrected chi connectivity index (χ0v) is 13.9. The van der Waals surface area contributed by atoms with Crippen LogP contribution in [0.2, 0.25) is 0 Å². The Morgan fingerprint density at radius 1 is 1.04 bits per heavy atom. The van der Waals surface area contributed by atoms with Gasteiger partial charge in [0.1, 0.15) is 5.69 Å². The molecule has 0 spiro atoms. The Morgan fingerprint density at radius 2 is 1.73 bits per heavy atom. The third-order valence-electron chi connectivity index (χ3n) is 4.06. The van der Waals surface area contributed by atoms with Crippen molar-refractivity contribution in [1.82, 2.24) is 0 Å². The van der Waals surface area contributed by atoms with E-state index in [0.717, 1.165) is 12.8 Å². The van der Waals surface area contributed by atoms with Gasteiger partial charge in [-0.1, -0.05) is 6.07 Å². The summed E-state index contributed by atoms with van der Waals surface area (Å²) < 4.78 is 0. The molecule has 1 saturated carbocycles. The summed E-state index contributed by atoms with van der Waals surface area (Å²) in [6, 6.07) is 8.74. The van der Waals surface area contributed by atoms with E-state index >= 15 is 0 Å². The van der Waals surface area contributed by atoms with Gasteiger partial charge in [0.2, 0.25) is 0 Å². The second kappa shape index (κ2) is 6.79. The molecule has 1 amide bonds. The summed E-state index contributed by atoms with van der Waals surface area (Å²) in [5.41, 5.74) is 0.896. The van der Waals surface area contributed by atoms with Crippen molar-refractivity contribution in [2.45, 2.75) is 25.8 Å². The zero-order valence-electron chi connectivity index (χ0n) is 13.9. The number of carbonyl (C=O) groups excluding carboxylic acids is 1. The van der Waals surface area contributed by atoms with E-state index in [9.17, 15) is 25.0 Å². The van der Waals surface area contributed by atoms with Gasteiger partial charge in [0, 0.05) is 35.0 Å². The van der Waals surface area contributed by atoms with Crippen LogP contribution < -0.4 is 10.6 Å². The number of nitrogens with zero attached hydrogens (tertiary/aromatic N) is 2. The molecule has 0 aromatic heterocycles. The topological polar surface area (TPSA) is 127 Å². The number of nitrogens with one attached hydrogen (secondary N) is 2. The van der Waals surface area contributed by atoms with Gasteiger partial charge in [0.25, 0.3) is 17.3 Å². The Morgan fingerprint density at radius 3 is 2.35 bits per heavy atom. The van der Waals surface area contributed by atoms with Gasteiger partial charge < -0.3 is 10.6 Å². The van der Waals surface area contributed by atoms with E-state index < -0.39 is 15.8 Å². The number of rotatable bonds is 6. The van der Waals surface area contributed by atoms with Crippen LogP contribution in [0.4, 0.5) is 22.7 Å². The predicted octanol–water partition coefficient (Wildman–Crippen LogP) is 3.64. The molecular formula is C17H16N4O5. The minimum Gasteiger partial charge on any atom is -0.377 e. The first-order chi connectivity index (χ1) is 12.3. The van der Waals surface area contributed by atoms with E-state index in [-0.39, 0.29) is 28.7 Å². The van der Waals surface area contributed by atoms with Gasteiger partial charge in [0.15, 0.2) is 0 Å². The molecule has 0 saturated heterocycles. The summed E-state index contributed by atoms with van der Waals surface area (Å²) in [5, 5.41) is 27.9. The van der Waals surface area contributed by atoms with Gasteiger partial charge in [-0.2, -0.15) is 0 Å². The summed E-state index contributed by atoms with van der Waals surface area (Å²) in [7, 11) is 0. The third-order valence-corrected chi connectivity index (χ3v) is 4.06. The number of anilines is 2. The van der Waals surface area contributed by atoms with Crippen molar-refractivity contribution in [2.75, 3.05) is 10.6 Å². The molecule has 134 valence electrons. The maximum atomic E-state index is 12.4. The van der Waals surface area contributed by atoms with Crippen molar-refractivity contribution in [2.24, 2.45) is 0 Å². The molecule has 3 rings (SSSR count). The van der Waals surface area contributed by atoms with Crippen LogP contribution in [0.5, 0.6) is 0 Å². The lowest BCUT2D eigenvalue weighted by molar-refractivity contribution is -0.385. The molecule has 9 heteroatoms. The van der Waals surface area contributed by atoms with E-state index in [2.05, 4.69) is 10.6 Å². The Balaban J connectivity index is 1.83. The maximum Gasteiger partial charge on any atom is 0.293 e. The van der Waals surface area contributed by atoms with Crippen LogP contribution >= 0.6 is 0 Å². The minimum absolute atomic E-state index is 0.0984. The maximum absolute atomic E-state index is 12.4. The fourth-order valence-corrected chi connectivity index (χ4v) is 2.48. The van der Waals surface area contributed by atoms with Crippen molar-refractivity contribution >= 4 is 28.7 Å². The fourth-order valence-electron chi connectivity index (χ4n) is 2.48. The van der Waals surface area contributed by atoms with Gasteiger partial charge in [-0.25, -0.2) is 0 Å². The van der Waals surface area contributed by atoms with Gasteiger partial charge >= 0.3 is 0 Å². The molecule has 0 atom stereocenters. The minimum atomic E-state index is -0.579. The predicted molar refractivity (Wildman–Crippen MR) is 95.5 cm³/mol. The molecule has 1 aliphatic carbocycles. The van der Waals surface area contributed by atoms with Crippen LogP contribution in [-0.2, 0) is 0 Å². The molecule has 0 unspecified atom stereocenters. The molecule has 0 radical (unpaired) electrons. The van der Waals surface area contributed by atoms with Gasteiger partial charge in [-0.15, -0.1) is 0 Å². The van der Waals surface area contributed by atoms with Gasteiger partial charge in [0.05, 0.1) is 9.85 Å². The summed E-state index contributed by atoms with van der Waals surface area (Å²) in [6.45, 7) is 1.60. The number of nitro groups is 2. The van der Waals surface area contributed by atoms with E-state index in [4.69, 9.17) is 0 Å². The largest absolute Gasteiger partial charge is 0.377 e. The number of nitro benzene ring substituents is 2. The molecule has 1 aliphatic rings. The van der Waals surface area contributed by atoms with Crippen LogP contribution in [0.25, 0.3) is 0 Å². The fraction of sp³-hybridized carbons (Fsp3) is 0.235. The Labute approximate surface area is 148 Å². The summed E-state index contributed by atoms with van der Waals surface area (Å²) in [4.78, 5) is 33.6. The molecule has 2 aromatic rings. The van der Waals surface area contributed by atoms with Crippen LogP contribution in [0, 0.1) is 27.2 Å². The zero-order chi connectivity index (χ0) is 18.8. The van der Waals surface area contributed by atoms with Crippen LogP contribution in [0.3, 0.4) is 0 Å². The molecule has 1 fully saturated rings. The van der Waals surface area contributed by atoms with Crippen molar-refractivity contribution in [3.63, 3.8) is 0 Å². The van der Waals surface area contributed by atoms with Gasteiger partial charge in [-0.05, 0) is 38.0 Å². The number of aryl methyl sites for hydroxylation is 1. The molecule has 9 nitrogen and oxygen atoms in total. The third kappa shape index (κ3) is 3.77. The molecule has 2 aromatic carbocycles. The number of carbonyl (C=O) groups is 1. The molecule has 0 bridgehead atoms. The van der Waals surface area contributed by atoms with Crippen LogP contribution in [-0.4, -0.2) is 21.8 Å². The van der Waals surface area contributed by atoms with Crippen molar-refractivity contribution in [1.29, 1.82) is 0 Å². The number of hydrogen-bond acceptors (Lipinski definition) is 6. The highest BCUT2D eigenvalue weighted by atomic mass is 16.6. The first-order valence-corrected chi connectivity index (χ1v) is 7.96. The van der Waals surface area contributed by atoms with Crippen molar-refractivity contribution in [3.05, 3.63) is 67.8 Å². The average Bonchev–Trinajstić information content (AvgIpc) is 3.40. The molecule has 26 heavy (non-hydrogen) atoms. The number of benzene rings is 2. The molecule has 0 heterocycles. The van der Waals surface area contributed by atoms with E-state index in [1.165, 1.54) is 36.4 Å². The van der Waals surface area contributed by atoms with Crippen LogP contribution in [0.1, 0.15) is 28.8 Å². The van der Waals surface area contributed by atoms with E-state index in [1.807, 2.05) is 0 Å². The van der Waals surface area contributed by atoms with Gasteiger partial charge in [-0.3, -0.25) is 25.0 Å². The summed E-state index contributed by atoms with van der Waals surface area (Å²) in [5.74, 6) is -0.579. The Bertz CT molecular complexity index is 908. The highest BCUT2D eigenvalue weighted by Gasteiger charge is 2.25. The first kappa shape index (κ1) is 17.3. The first-order valence-electron chi connectivity index (χ1n) is 7.96. The second-order valence-electron chi connectivity index (χ2n) is 6.12. The monoisotopic (exact) mass is 356 g/mol. The van der Waals surface area contributed by atoms with Crippen LogP contribution in [0.15, 0.2) is 36.4 Å².